The number of rotatable bonds is 5. The number of hydrogen-bond acceptors (Lipinski definition) is 6. The molecule has 0 unspecified atom stereocenters. The van der Waals surface area contributed by atoms with Gasteiger partial charge in [-0.25, -0.2) is 13.4 Å². The number of likely N-dealkylation sites (N-methyl/N-ethyl adjacent to an activating group) is 1. The van der Waals surface area contributed by atoms with Crippen molar-refractivity contribution < 1.29 is 23.1 Å². The van der Waals surface area contributed by atoms with E-state index in [0.29, 0.717) is 10.7 Å². The Kier molecular flexibility index (Phi) is 4.13. The van der Waals surface area contributed by atoms with E-state index in [4.69, 9.17) is 4.74 Å². The van der Waals surface area contributed by atoms with Crippen LogP contribution in [-0.2, 0) is 19.6 Å². The molecule has 0 saturated heterocycles. The standard InChI is InChI=1S/C12H18N2O5S2/c1-7-10(20-8(2)13-7)21(17,18)14(3)12(11(15)16)5-9(6-12)19-4/h9H,5-6H2,1-4H3,(H,15,16). The molecule has 1 aromatic rings. The summed E-state index contributed by atoms with van der Waals surface area (Å²) < 4.78 is 31.5. The van der Waals surface area contributed by atoms with Crippen LogP contribution in [0.5, 0.6) is 0 Å². The van der Waals surface area contributed by atoms with E-state index < -0.39 is 21.5 Å². The molecule has 2 rings (SSSR count). The van der Waals surface area contributed by atoms with Gasteiger partial charge in [0.05, 0.1) is 16.8 Å². The number of aromatic nitrogens is 1. The first-order valence-electron chi connectivity index (χ1n) is 6.34. The van der Waals surface area contributed by atoms with Crippen LogP contribution in [0.2, 0.25) is 0 Å². The highest BCUT2D eigenvalue weighted by molar-refractivity contribution is 7.91. The molecule has 0 amide bonds. The number of aliphatic carboxylic acids is 1. The van der Waals surface area contributed by atoms with Crippen molar-refractivity contribution in [3.63, 3.8) is 0 Å². The van der Waals surface area contributed by atoms with Gasteiger partial charge >= 0.3 is 5.97 Å². The summed E-state index contributed by atoms with van der Waals surface area (Å²) in [4.78, 5) is 15.7. The van der Waals surface area contributed by atoms with E-state index in [0.717, 1.165) is 15.6 Å². The maximum absolute atomic E-state index is 12.7. The predicted octanol–water partition coefficient (Wildman–Crippen LogP) is 1.01. The van der Waals surface area contributed by atoms with E-state index in [1.165, 1.54) is 14.2 Å². The molecule has 0 bridgehead atoms. The third-order valence-corrected chi connectivity index (χ3v) is 7.50. The molecule has 1 N–H and O–H groups in total. The Hall–Kier alpha value is -1.03. The van der Waals surface area contributed by atoms with Crippen molar-refractivity contribution in [3.05, 3.63) is 10.7 Å². The largest absolute Gasteiger partial charge is 0.480 e. The maximum Gasteiger partial charge on any atom is 0.325 e. The molecule has 1 aliphatic rings. The molecule has 9 heteroatoms. The average Bonchev–Trinajstić information content (AvgIpc) is 2.67. The van der Waals surface area contributed by atoms with Crippen molar-refractivity contribution in [2.45, 2.75) is 42.5 Å². The van der Waals surface area contributed by atoms with E-state index in [-0.39, 0.29) is 23.2 Å². The molecule has 1 aliphatic carbocycles. The van der Waals surface area contributed by atoms with Gasteiger partial charge in [-0.05, 0) is 13.8 Å². The lowest BCUT2D eigenvalue weighted by molar-refractivity contribution is -0.162. The molecule has 0 aliphatic heterocycles. The number of ether oxygens (including phenoxy) is 1. The first kappa shape index (κ1) is 16.3. The molecule has 21 heavy (non-hydrogen) atoms. The summed E-state index contributed by atoms with van der Waals surface area (Å²) in [5.74, 6) is -1.15. The Morgan fingerprint density at radius 2 is 2.05 bits per heavy atom. The van der Waals surface area contributed by atoms with Gasteiger partial charge in [-0.15, -0.1) is 11.3 Å². The highest BCUT2D eigenvalue weighted by atomic mass is 32.2. The molecule has 1 fully saturated rings. The Morgan fingerprint density at radius 1 is 1.48 bits per heavy atom. The number of carboxylic acids is 1. The zero-order chi connectivity index (χ0) is 16.0. The predicted molar refractivity (Wildman–Crippen MR) is 76.9 cm³/mol. The topological polar surface area (TPSA) is 96.8 Å². The summed E-state index contributed by atoms with van der Waals surface area (Å²) in [6.07, 6.45) is 0.0552. The quantitative estimate of drug-likeness (QED) is 0.863. The number of hydrogen-bond donors (Lipinski definition) is 1. The Labute approximate surface area is 127 Å². The first-order valence-corrected chi connectivity index (χ1v) is 8.60. The van der Waals surface area contributed by atoms with Gasteiger partial charge in [0.2, 0.25) is 0 Å². The van der Waals surface area contributed by atoms with Gasteiger partial charge < -0.3 is 9.84 Å². The summed E-state index contributed by atoms with van der Waals surface area (Å²) in [5, 5.41) is 10.1. The van der Waals surface area contributed by atoms with Gasteiger partial charge in [0.25, 0.3) is 10.0 Å². The van der Waals surface area contributed by atoms with E-state index in [2.05, 4.69) is 4.98 Å². The SMILES string of the molecule is COC1CC(C(=O)O)(N(C)S(=O)(=O)c2sc(C)nc2C)C1. The average molecular weight is 334 g/mol. The fourth-order valence-electron chi connectivity index (χ4n) is 2.53. The van der Waals surface area contributed by atoms with Crippen LogP contribution in [0.25, 0.3) is 0 Å². The zero-order valence-corrected chi connectivity index (χ0v) is 13.9. The number of carboxylic acid groups (broad SMARTS) is 1. The molecule has 118 valence electrons. The van der Waals surface area contributed by atoms with Crippen molar-refractivity contribution in [1.29, 1.82) is 0 Å². The molecule has 0 radical (unpaired) electrons. The van der Waals surface area contributed by atoms with E-state index in [1.807, 2.05) is 0 Å². The minimum Gasteiger partial charge on any atom is -0.480 e. The van der Waals surface area contributed by atoms with Gasteiger partial charge in [-0.1, -0.05) is 0 Å². The van der Waals surface area contributed by atoms with E-state index in [1.54, 1.807) is 13.8 Å². The first-order chi connectivity index (χ1) is 9.65. The molecule has 7 nitrogen and oxygen atoms in total. The third kappa shape index (κ3) is 2.48. The molecule has 0 spiro atoms. The van der Waals surface area contributed by atoms with Gasteiger partial charge in [0, 0.05) is 27.0 Å². The highest BCUT2D eigenvalue weighted by Crippen LogP contribution is 2.42. The summed E-state index contributed by atoms with van der Waals surface area (Å²) in [5.41, 5.74) is -1.04. The summed E-state index contributed by atoms with van der Waals surface area (Å²) in [6, 6.07) is 0. The smallest absolute Gasteiger partial charge is 0.325 e. The fourth-order valence-corrected chi connectivity index (χ4v) is 5.65. The van der Waals surface area contributed by atoms with Crippen molar-refractivity contribution in [3.8, 4) is 0 Å². The van der Waals surface area contributed by atoms with E-state index in [9.17, 15) is 18.3 Å². The maximum atomic E-state index is 12.7. The Bertz CT molecular complexity index is 661. The second-order valence-corrected chi connectivity index (χ2v) is 8.55. The van der Waals surface area contributed by atoms with Crippen molar-refractivity contribution in [2.75, 3.05) is 14.2 Å². The lowest BCUT2D eigenvalue weighted by Crippen LogP contribution is -2.64. The summed E-state index contributed by atoms with van der Waals surface area (Å²) in [6.45, 7) is 3.32. The monoisotopic (exact) mass is 334 g/mol. The van der Waals surface area contributed by atoms with E-state index >= 15 is 0 Å². The molecular weight excluding hydrogens is 316 g/mol. The van der Waals surface area contributed by atoms with Gasteiger partial charge in [0.15, 0.2) is 4.21 Å². The van der Waals surface area contributed by atoms with Gasteiger partial charge in [-0.3, -0.25) is 4.79 Å². The fraction of sp³-hybridized carbons (Fsp3) is 0.667. The molecule has 0 aromatic carbocycles. The number of carbonyl (C=O) groups is 1. The van der Waals surface area contributed by atoms with Crippen molar-refractivity contribution in [1.82, 2.24) is 9.29 Å². The molecule has 1 heterocycles. The second-order valence-electron chi connectivity index (χ2n) is 5.18. The van der Waals surface area contributed by atoms with Crippen molar-refractivity contribution >= 4 is 27.3 Å². The minimum atomic E-state index is -3.89. The number of sulfonamides is 1. The summed E-state index contributed by atoms with van der Waals surface area (Å²) >= 11 is 1.05. The van der Waals surface area contributed by atoms with Crippen LogP contribution in [-0.4, -0.2) is 54.6 Å². The summed E-state index contributed by atoms with van der Waals surface area (Å²) in [7, 11) is -1.09. The second kappa shape index (κ2) is 5.31. The molecular formula is C12H18N2O5S2. The molecule has 0 atom stereocenters. The van der Waals surface area contributed by atoms with Crippen LogP contribution in [0.3, 0.4) is 0 Å². The minimum absolute atomic E-state index is 0.101. The van der Waals surface area contributed by atoms with Crippen LogP contribution in [0.1, 0.15) is 23.5 Å². The molecule has 1 saturated carbocycles. The van der Waals surface area contributed by atoms with Crippen molar-refractivity contribution in [2.24, 2.45) is 0 Å². The number of methoxy groups -OCH3 is 1. The number of thiazole rings is 1. The van der Waals surface area contributed by atoms with Crippen LogP contribution in [0.15, 0.2) is 4.21 Å². The zero-order valence-electron chi connectivity index (χ0n) is 12.3. The normalized spacial score (nSPS) is 25.9. The lowest BCUT2D eigenvalue weighted by atomic mass is 9.74. The third-order valence-electron chi connectivity index (χ3n) is 3.92. The van der Waals surface area contributed by atoms with Gasteiger partial charge in [0.1, 0.15) is 5.54 Å². The van der Waals surface area contributed by atoms with Crippen LogP contribution in [0.4, 0.5) is 0 Å². The Morgan fingerprint density at radius 3 is 2.43 bits per heavy atom. The molecule has 1 aromatic heterocycles. The van der Waals surface area contributed by atoms with Gasteiger partial charge in [-0.2, -0.15) is 4.31 Å². The number of aryl methyl sites for hydroxylation is 2. The van der Waals surface area contributed by atoms with Crippen LogP contribution < -0.4 is 0 Å². The highest BCUT2D eigenvalue weighted by Gasteiger charge is 2.57. The number of nitrogens with zero attached hydrogens (tertiary/aromatic N) is 2. The van der Waals surface area contributed by atoms with Crippen LogP contribution in [0, 0.1) is 13.8 Å². The van der Waals surface area contributed by atoms with Crippen LogP contribution >= 0.6 is 11.3 Å². The Balaban J connectivity index is 2.40. The lowest BCUT2D eigenvalue weighted by Gasteiger charge is -2.47.